The Hall–Kier alpha value is -2.34. The number of halogens is 3. The Balaban J connectivity index is 1.99. The van der Waals surface area contributed by atoms with Crippen LogP contribution in [0.5, 0.6) is 5.88 Å². The molecule has 0 radical (unpaired) electrons. The van der Waals surface area contributed by atoms with Crippen LogP contribution in [0, 0.1) is 0 Å². The van der Waals surface area contributed by atoms with Gasteiger partial charge in [0, 0.05) is 26.7 Å². The van der Waals surface area contributed by atoms with Gasteiger partial charge in [-0.2, -0.15) is 0 Å². The Morgan fingerprint density at radius 3 is 2.19 bits per heavy atom. The molecule has 0 aliphatic rings. The fourth-order valence-corrected chi connectivity index (χ4v) is 2.91. The second-order valence-corrected chi connectivity index (χ2v) is 6.56. The van der Waals surface area contributed by atoms with Crippen LogP contribution >= 0.6 is 34.8 Å². The highest BCUT2D eigenvalue weighted by atomic mass is 35.5. The molecule has 0 spiro atoms. The maximum Gasteiger partial charge on any atom is 0.356 e. The largest absolute Gasteiger partial charge is 0.476 e. The molecule has 8 heteroatoms. The molecule has 0 saturated carbocycles. The number of carboxylic acid groups (broad SMARTS) is 1. The van der Waals surface area contributed by atoms with E-state index in [9.17, 15) is 4.79 Å². The summed E-state index contributed by atoms with van der Waals surface area (Å²) in [5.74, 6) is -1.01. The smallest absolute Gasteiger partial charge is 0.356 e. The topological polar surface area (TPSA) is 72.3 Å². The van der Waals surface area contributed by atoms with Crippen LogP contribution in [0.3, 0.4) is 0 Å². The Labute approximate surface area is 164 Å². The van der Waals surface area contributed by atoms with E-state index in [-0.39, 0.29) is 11.6 Å². The van der Waals surface area contributed by atoms with E-state index in [0.717, 1.165) is 5.56 Å². The number of aromatic nitrogens is 2. The van der Waals surface area contributed by atoms with Gasteiger partial charge in [0.1, 0.15) is 0 Å². The molecule has 1 heterocycles. The van der Waals surface area contributed by atoms with Crippen molar-refractivity contribution < 1.29 is 14.6 Å². The van der Waals surface area contributed by atoms with Crippen LogP contribution in [0.1, 0.15) is 27.7 Å². The summed E-state index contributed by atoms with van der Waals surface area (Å²) in [6.07, 6.45) is -0.609. The molecule has 1 aromatic heterocycles. The number of rotatable bonds is 5. The van der Waals surface area contributed by atoms with Crippen LogP contribution in [-0.2, 0) is 0 Å². The molecular weight excluding hydrogens is 399 g/mol. The van der Waals surface area contributed by atoms with Crippen molar-refractivity contribution in [1.29, 1.82) is 0 Å². The van der Waals surface area contributed by atoms with E-state index >= 15 is 0 Å². The Bertz CT molecular complexity index is 931. The van der Waals surface area contributed by atoms with Crippen molar-refractivity contribution in [3.8, 4) is 5.88 Å². The summed E-state index contributed by atoms with van der Waals surface area (Å²) in [7, 11) is 0. The van der Waals surface area contributed by atoms with Crippen molar-refractivity contribution in [3.05, 3.63) is 86.5 Å². The summed E-state index contributed by atoms with van der Waals surface area (Å²) in [4.78, 5) is 10.9. The maximum atomic E-state index is 10.9. The Kier molecular flexibility index (Phi) is 5.61. The molecule has 0 saturated heterocycles. The van der Waals surface area contributed by atoms with Crippen molar-refractivity contribution in [2.24, 2.45) is 0 Å². The lowest BCUT2D eigenvalue weighted by Gasteiger charge is -2.20. The van der Waals surface area contributed by atoms with Crippen LogP contribution < -0.4 is 4.74 Å². The van der Waals surface area contributed by atoms with E-state index in [2.05, 4.69) is 10.2 Å². The van der Waals surface area contributed by atoms with Crippen molar-refractivity contribution in [1.82, 2.24) is 10.2 Å². The summed E-state index contributed by atoms with van der Waals surface area (Å²) in [5.41, 5.74) is 1.27. The molecular formula is C18H11Cl3N2O3. The first-order valence-electron chi connectivity index (χ1n) is 7.38. The van der Waals surface area contributed by atoms with Crippen molar-refractivity contribution >= 4 is 40.8 Å². The summed E-state index contributed by atoms with van der Waals surface area (Å²) in [6.45, 7) is 0. The molecule has 0 aliphatic heterocycles. The van der Waals surface area contributed by atoms with Crippen LogP contribution in [0.25, 0.3) is 0 Å². The molecule has 0 bridgehead atoms. The van der Waals surface area contributed by atoms with Gasteiger partial charge in [-0.05, 0) is 35.9 Å². The van der Waals surface area contributed by atoms with E-state index in [1.165, 1.54) is 12.1 Å². The average molecular weight is 410 g/mol. The predicted molar refractivity (Wildman–Crippen MR) is 99.4 cm³/mol. The number of nitrogens with zero attached hydrogens (tertiary/aromatic N) is 2. The summed E-state index contributed by atoms with van der Waals surface area (Å²) < 4.78 is 5.94. The first kappa shape index (κ1) is 18.5. The molecule has 0 fully saturated rings. The normalized spacial score (nSPS) is 11.8. The molecule has 0 amide bonds. The van der Waals surface area contributed by atoms with E-state index < -0.39 is 12.1 Å². The fraction of sp³-hybridized carbons (Fsp3) is 0.0556. The van der Waals surface area contributed by atoms with Crippen LogP contribution in [-0.4, -0.2) is 21.3 Å². The first-order chi connectivity index (χ1) is 12.4. The summed E-state index contributed by atoms with van der Waals surface area (Å²) >= 11 is 18.3. The number of aromatic carboxylic acids is 1. The second-order valence-electron chi connectivity index (χ2n) is 5.28. The number of carboxylic acids is 1. The highest BCUT2D eigenvalue weighted by Gasteiger charge is 2.20. The third kappa shape index (κ3) is 4.25. The second kappa shape index (κ2) is 7.91. The van der Waals surface area contributed by atoms with Gasteiger partial charge >= 0.3 is 5.97 Å². The van der Waals surface area contributed by atoms with Crippen molar-refractivity contribution in [3.63, 3.8) is 0 Å². The van der Waals surface area contributed by atoms with E-state index in [1.54, 1.807) is 42.5 Å². The first-order valence-corrected chi connectivity index (χ1v) is 8.51. The molecule has 2 aromatic carbocycles. The van der Waals surface area contributed by atoms with Gasteiger partial charge in [0.25, 0.3) is 0 Å². The number of carbonyl (C=O) groups is 1. The predicted octanol–water partition coefficient (Wildman–Crippen LogP) is 5.30. The minimum atomic E-state index is -1.17. The van der Waals surface area contributed by atoms with E-state index in [0.29, 0.717) is 20.6 Å². The lowest BCUT2D eigenvalue weighted by Crippen LogP contribution is -2.12. The Morgan fingerprint density at radius 1 is 0.923 bits per heavy atom. The van der Waals surface area contributed by atoms with Gasteiger partial charge in [0.05, 0.1) is 0 Å². The number of benzene rings is 2. The molecule has 3 rings (SSSR count). The van der Waals surface area contributed by atoms with Crippen molar-refractivity contribution in [2.45, 2.75) is 6.10 Å². The summed E-state index contributed by atoms with van der Waals surface area (Å²) in [5, 5.41) is 17.8. The third-order valence-corrected chi connectivity index (χ3v) is 4.33. The zero-order valence-electron chi connectivity index (χ0n) is 13.1. The molecule has 1 N–H and O–H groups in total. The number of ether oxygens (including phenoxy) is 1. The Morgan fingerprint density at radius 2 is 1.62 bits per heavy atom. The number of hydrogen-bond donors (Lipinski definition) is 1. The number of hydrogen-bond acceptors (Lipinski definition) is 4. The molecule has 132 valence electrons. The lowest BCUT2D eigenvalue weighted by atomic mass is 10.0. The summed E-state index contributed by atoms with van der Waals surface area (Å²) in [6, 6.07) is 14.9. The molecule has 0 aliphatic carbocycles. The van der Waals surface area contributed by atoms with Crippen LogP contribution in [0.4, 0.5) is 0 Å². The van der Waals surface area contributed by atoms with E-state index in [1.807, 2.05) is 0 Å². The van der Waals surface area contributed by atoms with Crippen LogP contribution in [0.2, 0.25) is 15.1 Å². The van der Waals surface area contributed by atoms with Crippen molar-refractivity contribution in [2.75, 3.05) is 0 Å². The fourth-order valence-electron chi connectivity index (χ4n) is 2.28. The van der Waals surface area contributed by atoms with Gasteiger partial charge in [-0.1, -0.05) is 53.0 Å². The zero-order valence-corrected chi connectivity index (χ0v) is 15.3. The molecule has 3 aromatic rings. The minimum Gasteiger partial charge on any atom is -0.476 e. The highest BCUT2D eigenvalue weighted by Crippen LogP contribution is 2.34. The highest BCUT2D eigenvalue weighted by molar-refractivity contribution is 6.35. The van der Waals surface area contributed by atoms with Gasteiger partial charge in [0.15, 0.2) is 11.8 Å². The molecule has 1 atom stereocenters. The molecule has 5 nitrogen and oxygen atoms in total. The van der Waals surface area contributed by atoms with Crippen LogP contribution in [0.15, 0.2) is 54.6 Å². The average Bonchev–Trinajstić information content (AvgIpc) is 2.61. The standard InChI is InChI=1S/C18H11Cl3N2O3/c19-11-3-1-10(2-4-11)17(13-6-5-12(20)9-14(13)21)26-16-8-7-15(18(24)25)22-23-16/h1-9,17H,(H,24,25). The molecule has 1 unspecified atom stereocenters. The third-order valence-electron chi connectivity index (χ3n) is 3.52. The van der Waals surface area contributed by atoms with Gasteiger partial charge in [-0.25, -0.2) is 4.79 Å². The quantitative estimate of drug-likeness (QED) is 0.619. The van der Waals surface area contributed by atoms with E-state index in [4.69, 9.17) is 44.6 Å². The lowest BCUT2D eigenvalue weighted by molar-refractivity contribution is 0.0688. The van der Waals surface area contributed by atoms with Gasteiger partial charge in [-0.3, -0.25) is 0 Å². The van der Waals surface area contributed by atoms with Gasteiger partial charge in [-0.15, -0.1) is 10.2 Å². The molecule has 26 heavy (non-hydrogen) atoms. The SMILES string of the molecule is O=C(O)c1ccc(OC(c2ccc(Cl)cc2)c2ccc(Cl)cc2Cl)nn1. The minimum absolute atomic E-state index is 0.154. The van der Waals surface area contributed by atoms with Gasteiger partial charge in [0.2, 0.25) is 5.88 Å². The zero-order chi connectivity index (χ0) is 18.7. The van der Waals surface area contributed by atoms with Gasteiger partial charge < -0.3 is 9.84 Å². The maximum absolute atomic E-state index is 10.9. The monoisotopic (exact) mass is 408 g/mol.